The van der Waals surface area contributed by atoms with E-state index in [9.17, 15) is 9.59 Å². The summed E-state index contributed by atoms with van der Waals surface area (Å²) < 4.78 is 0. The highest BCUT2D eigenvalue weighted by atomic mass is 16.4. The van der Waals surface area contributed by atoms with E-state index in [1.165, 1.54) is 6.08 Å². The predicted molar refractivity (Wildman–Crippen MR) is 60.3 cm³/mol. The molecule has 0 atom stereocenters. The summed E-state index contributed by atoms with van der Waals surface area (Å²) >= 11 is 0. The van der Waals surface area contributed by atoms with Crippen LogP contribution in [0.3, 0.4) is 0 Å². The number of ketones is 1. The van der Waals surface area contributed by atoms with Crippen LogP contribution in [0.5, 0.6) is 0 Å². The van der Waals surface area contributed by atoms with Gasteiger partial charge >= 0.3 is 5.97 Å². The maximum atomic E-state index is 11.6. The van der Waals surface area contributed by atoms with Crippen LogP contribution in [0.25, 0.3) is 6.08 Å². The summed E-state index contributed by atoms with van der Waals surface area (Å²) in [5, 5.41) is 8.50. The molecule has 0 unspecified atom stereocenters. The standard InChI is InChI=1S/C13H10O3/c1-8-6-10-7-9(3-5-12(14)15)2-4-11(10)13(8)16/h2-5,7H,1,6H2,(H,14,15)/b5-3+. The number of carbonyl (C=O) groups is 2. The van der Waals surface area contributed by atoms with Gasteiger partial charge < -0.3 is 5.11 Å². The van der Waals surface area contributed by atoms with Crippen LogP contribution in [0.15, 0.2) is 36.4 Å². The number of carbonyl (C=O) groups excluding carboxylic acids is 1. The largest absolute Gasteiger partial charge is 0.478 e. The minimum Gasteiger partial charge on any atom is -0.478 e. The summed E-state index contributed by atoms with van der Waals surface area (Å²) in [6.07, 6.45) is 3.14. The average Bonchev–Trinajstić information content (AvgIpc) is 2.52. The first kappa shape index (κ1) is 10.4. The summed E-state index contributed by atoms with van der Waals surface area (Å²) in [4.78, 5) is 21.9. The van der Waals surface area contributed by atoms with Gasteiger partial charge in [-0.05, 0) is 22.8 Å². The number of hydrogen-bond acceptors (Lipinski definition) is 2. The second kappa shape index (κ2) is 3.77. The summed E-state index contributed by atoms with van der Waals surface area (Å²) in [5.74, 6) is -0.996. The molecule has 80 valence electrons. The number of fused-ring (bicyclic) bond motifs is 1. The van der Waals surface area contributed by atoms with E-state index in [0.29, 0.717) is 17.6 Å². The van der Waals surface area contributed by atoms with Crippen LogP contribution in [0.1, 0.15) is 21.5 Å². The van der Waals surface area contributed by atoms with Crippen molar-refractivity contribution in [3.8, 4) is 0 Å². The molecule has 0 saturated heterocycles. The number of aliphatic carboxylic acids is 1. The first-order valence-electron chi connectivity index (χ1n) is 4.84. The third-order valence-electron chi connectivity index (χ3n) is 2.52. The van der Waals surface area contributed by atoms with Gasteiger partial charge in [-0.2, -0.15) is 0 Å². The van der Waals surface area contributed by atoms with Crippen molar-refractivity contribution in [2.75, 3.05) is 0 Å². The fraction of sp³-hybridized carbons (Fsp3) is 0.0769. The molecule has 0 heterocycles. The summed E-state index contributed by atoms with van der Waals surface area (Å²) in [6, 6.07) is 5.27. The number of carboxylic acids is 1. The van der Waals surface area contributed by atoms with Gasteiger partial charge in [0.1, 0.15) is 0 Å². The molecule has 0 aliphatic heterocycles. The maximum absolute atomic E-state index is 11.6. The van der Waals surface area contributed by atoms with Gasteiger partial charge in [0.2, 0.25) is 0 Å². The van der Waals surface area contributed by atoms with E-state index in [0.717, 1.165) is 17.2 Å². The molecule has 0 amide bonds. The number of rotatable bonds is 2. The Morgan fingerprint density at radius 3 is 2.88 bits per heavy atom. The number of benzene rings is 1. The highest BCUT2D eigenvalue weighted by Gasteiger charge is 2.22. The molecule has 3 nitrogen and oxygen atoms in total. The molecule has 1 aromatic rings. The van der Waals surface area contributed by atoms with Crippen LogP contribution in [0.2, 0.25) is 0 Å². The van der Waals surface area contributed by atoms with Gasteiger partial charge in [-0.1, -0.05) is 24.8 Å². The van der Waals surface area contributed by atoms with Crippen molar-refractivity contribution in [3.63, 3.8) is 0 Å². The van der Waals surface area contributed by atoms with E-state index in [-0.39, 0.29) is 5.78 Å². The van der Waals surface area contributed by atoms with Gasteiger partial charge in [-0.15, -0.1) is 0 Å². The molecule has 3 heteroatoms. The highest BCUT2D eigenvalue weighted by molar-refractivity contribution is 6.12. The first-order valence-corrected chi connectivity index (χ1v) is 4.84. The molecule has 1 N–H and O–H groups in total. The fourth-order valence-corrected chi connectivity index (χ4v) is 1.75. The minimum atomic E-state index is -0.985. The predicted octanol–water partition coefficient (Wildman–Crippen LogP) is 2.08. The van der Waals surface area contributed by atoms with Crippen LogP contribution in [0, 0.1) is 0 Å². The Morgan fingerprint density at radius 2 is 2.19 bits per heavy atom. The van der Waals surface area contributed by atoms with Crippen molar-refractivity contribution in [2.24, 2.45) is 0 Å². The van der Waals surface area contributed by atoms with E-state index in [1.54, 1.807) is 12.1 Å². The second-order valence-corrected chi connectivity index (χ2v) is 3.70. The molecule has 2 rings (SSSR count). The topological polar surface area (TPSA) is 54.4 Å². The van der Waals surface area contributed by atoms with Gasteiger partial charge in [0.05, 0.1) is 0 Å². The molecular weight excluding hydrogens is 204 g/mol. The molecule has 0 aromatic heterocycles. The molecule has 0 bridgehead atoms. The third kappa shape index (κ3) is 1.80. The van der Waals surface area contributed by atoms with Crippen LogP contribution in [-0.2, 0) is 11.2 Å². The number of carboxylic acid groups (broad SMARTS) is 1. The van der Waals surface area contributed by atoms with Gasteiger partial charge in [-0.25, -0.2) is 4.79 Å². The highest BCUT2D eigenvalue weighted by Crippen LogP contribution is 2.26. The third-order valence-corrected chi connectivity index (χ3v) is 2.52. The van der Waals surface area contributed by atoms with Crippen molar-refractivity contribution >= 4 is 17.8 Å². The van der Waals surface area contributed by atoms with E-state index in [2.05, 4.69) is 6.58 Å². The Balaban J connectivity index is 2.36. The Morgan fingerprint density at radius 1 is 1.44 bits per heavy atom. The van der Waals surface area contributed by atoms with E-state index >= 15 is 0 Å². The molecule has 1 aromatic carbocycles. The maximum Gasteiger partial charge on any atom is 0.328 e. The van der Waals surface area contributed by atoms with Gasteiger partial charge in [0.15, 0.2) is 5.78 Å². The zero-order valence-corrected chi connectivity index (χ0v) is 8.56. The number of Topliss-reactive ketones (excluding diaryl/α,β-unsaturated/α-hetero) is 1. The lowest BCUT2D eigenvalue weighted by atomic mass is 10.1. The summed E-state index contributed by atoms with van der Waals surface area (Å²) in [7, 11) is 0. The second-order valence-electron chi connectivity index (χ2n) is 3.70. The average molecular weight is 214 g/mol. The Bertz CT molecular complexity index is 524. The molecule has 16 heavy (non-hydrogen) atoms. The van der Waals surface area contributed by atoms with Crippen LogP contribution < -0.4 is 0 Å². The van der Waals surface area contributed by atoms with Gasteiger partial charge in [0.25, 0.3) is 0 Å². The van der Waals surface area contributed by atoms with Crippen molar-refractivity contribution in [1.29, 1.82) is 0 Å². The van der Waals surface area contributed by atoms with E-state index in [1.807, 2.05) is 6.07 Å². The SMILES string of the molecule is C=C1Cc2cc(/C=C/C(=O)O)ccc2C1=O. The minimum absolute atomic E-state index is 0.0104. The van der Waals surface area contributed by atoms with Crippen molar-refractivity contribution in [1.82, 2.24) is 0 Å². The Hall–Kier alpha value is -2.16. The molecule has 0 radical (unpaired) electrons. The fourth-order valence-electron chi connectivity index (χ4n) is 1.75. The Kier molecular flexibility index (Phi) is 2.44. The summed E-state index contributed by atoms with van der Waals surface area (Å²) in [5.41, 5.74) is 2.97. The molecule has 0 saturated carbocycles. The number of allylic oxidation sites excluding steroid dienone is 1. The lowest BCUT2D eigenvalue weighted by molar-refractivity contribution is -0.131. The number of hydrogen-bond donors (Lipinski definition) is 1. The quantitative estimate of drug-likeness (QED) is 0.767. The monoisotopic (exact) mass is 214 g/mol. The van der Waals surface area contributed by atoms with Gasteiger partial charge in [0, 0.05) is 18.1 Å². The zero-order valence-electron chi connectivity index (χ0n) is 8.56. The van der Waals surface area contributed by atoms with Crippen molar-refractivity contribution in [3.05, 3.63) is 53.1 Å². The van der Waals surface area contributed by atoms with Crippen LogP contribution >= 0.6 is 0 Å². The molecule has 0 fully saturated rings. The van der Waals surface area contributed by atoms with Crippen LogP contribution in [-0.4, -0.2) is 16.9 Å². The van der Waals surface area contributed by atoms with Gasteiger partial charge in [-0.3, -0.25) is 4.79 Å². The normalized spacial score (nSPS) is 14.5. The molecule has 1 aliphatic carbocycles. The molecule has 1 aliphatic rings. The summed E-state index contributed by atoms with van der Waals surface area (Å²) in [6.45, 7) is 3.69. The van der Waals surface area contributed by atoms with Crippen molar-refractivity contribution < 1.29 is 14.7 Å². The van der Waals surface area contributed by atoms with E-state index < -0.39 is 5.97 Å². The zero-order chi connectivity index (χ0) is 11.7. The Labute approximate surface area is 92.7 Å². The van der Waals surface area contributed by atoms with E-state index in [4.69, 9.17) is 5.11 Å². The molecule has 0 spiro atoms. The van der Waals surface area contributed by atoms with Crippen molar-refractivity contribution in [2.45, 2.75) is 6.42 Å². The lowest BCUT2D eigenvalue weighted by Gasteiger charge is -1.98. The lowest BCUT2D eigenvalue weighted by Crippen LogP contribution is -1.93. The van der Waals surface area contributed by atoms with Crippen LogP contribution in [0.4, 0.5) is 0 Å². The molecular formula is C13H10O3. The first-order chi connectivity index (χ1) is 7.58. The smallest absolute Gasteiger partial charge is 0.328 e.